The molecule has 0 N–H and O–H groups in total. The van der Waals surface area contributed by atoms with E-state index in [0.717, 1.165) is 38.3 Å². The summed E-state index contributed by atoms with van der Waals surface area (Å²) in [6.45, 7) is 5.49. The molecule has 2 aromatic heterocycles. The van der Waals surface area contributed by atoms with Gasteiger partial charge in [0, 0.05) is 38.8 Å². The standard InChI is InChI=1S/C18H26N6O3/c1-14(16-5-10-27-20-16)22(3)18(26)13-24-17(25)11-15(12-19-24)23-7-4-6-21(2)8-9-23/h5,10-12,14H,4,6-9,13H2,1-3H3. The molecule has 9 nitrogen and oxygen atoms in total. The predicted molar refractivity (Wildman–Crippen MR) is 101 cm³/mol. The highest BCUT2D eigenvalue weighted by molar-refractivity contribution is 5.76. The summed E-state index contributed by atoms with van der Waals surface area (Å²) in [5.74, 6) is -0.218. The molecule has 0 aromatic carbocycles. The van der Waals surface area contributed by atoms with Crippen LogP contribution in [0.3, 0.4) is 0 Å². The molecule has 27 heavy (non-hydrogen) atoms. The molecule has 0 spiro atoms. The van der Waals surface area contributed by atoms with Gasteiger partial charge in [0.1, 0.15) is 18.5 Å². The van der Waals surface area contributed by atoms with E-state index >= 15 is 0 Å². The van der Waals surface area contributed by atoms with Gasteiger partial charge >= 0.3 is 0 Å². The van der Waals surface area contributed by atoms with Crippen molar-refractivity contribution in [1.82, 2.24) is 24.7 Å². The van der Waals surface area contributed by atoms with Crippen molar-refractivity contribution in [1.29, 1.82) is 0 Å². The summed E-state index contributed by atoms with van der Waals surface area (Å²) in [6.07, 6.45) is 4.18. The van der Waals surface area contributed by atoms with Gasteiger partial charge in [-0.15, -0.1) is 0 Å². The molecule has 0 saturated carbocycles. The quantitative estimate of drug-likeness (QED) is 0.757. The van der Waals surface area contributed by atoms with Crippen LogP contribution in [0.4, 0.5) is 5.69 Å². The number of rotatable bonds is 5. The second kappa shape index (κ2) is 8.34. The third kappa shape index (κ3) is 4.54. The van der Waals surface area contributed by atoms with E-state index in [1.165, 1.54) is 15.8 Å². The maximum atomic E-state index is 12.5. The fourth-order valence-corrected chi connectivity index (χ4v) is 3.11. The van der Waals surface area contributed by atoms with E-state index in [9.17, 15) is 9.59 Å². The smallest absolute Gasteiger partial charge is 0.269 e. The zero-order valence-corrected chi connectivity index (χ0v) is 16.0. The number of hydrogen-bond donors (Lipinski definition) is 0. The van der Waals surface area contributed by atoms with Gasteiger partial charge in [0.25, 0.3) is 5.56 Å². The molecule has 1 atom stereocenters. The molecule has 3 rings (SSSR count). The van der Waals surface area contributed by atoms with Crippen LogP contribution in [0.15, 0.2) is 33.9 Å². The van der Waals surface area contributed by atoms with Crippen LogP contribution in [0.1, 0.15) is 25.1 Å². The molecule has 1 unspecified atom stereocenters. The molecule has 1 saturated heterocycles. The molecule has 0 bridgehead atoms. The zero-order chi connectivity index (χ0) is 19.4. The normalized spacial score (nSPS) is 16.8. The van der Waals surface area contributed by atoms with E-state index in [4.69, 9.17) is 4.52 Å². The number of likely N-dealkylation sites (N-methyl/N-ethyl adjacent to an activating group) is 2. The average Bonchev–Trinajstić information content (AvgIpc) is 3.11. The molecule has 9 heteroatoms. The number of aromatic nitrogens is 3. The molecular formula is C18H26N6O3. The molecule has 0 aliphatic carbocycles. The van der Waals surface area contributed by atoms with Crippen molar-refractivity contribution >= 4 is 11.6 Å². The summed E-state index contributed by atoms with van der Waals surface area (Å²) >= 11 is 0. The van der Waals surface area contributed by atoms with E-state index in [-0.39, 0.29) is 24.1 Å². The van der Waals surface area contributed by atoms with Gasteiger partial charge in [0.05, 0.1) is 17.9 Å². The summed E-state index contributed by atoms with van der Waals surface area (Å²) in [7, 11) is 3.77. The first-order valence-corrected chi connectivity index (χ1v) is 9.12. The molecular weight excluding hydrogens is 348 g/mol. The average molecular weight is 374 g/mol. The second-order valence-electron chi connectivity index (χ2n) is 6.96. The largest absolute Gasteiger partial charge is 0.369 e. The van der Waals surface area contributed by atoms with Crippen molar-refractivity contribution in [3.63, 3.8) is 0 Å². The van der Waals surface area contributed by atoms with E-state index in [1.54, 1.807) is 25.4 Å². The SMILES string of the molecule is CC(c1ccon1)N(C)C(=O)Cn1ncc(N2CCCN(C)CC2)cc1=O. The highest BCUT2D eigenvalue weighted by atomic mass is 16.5. The molecule has 146 valence electrons. The van der Waals surface area contributed by atoms with Gasteiger partial charge in [0.2, 0.25) is 5.91 Å². The van der Waals surface area contributed by atoms with Crippen molar-refractivity contribution in [2.24, 2.45) is 0 Å². The third-order valence-corrected chi connectivity index (χ3v) is 5.08. The number of anilines is 1. The Morgan fingerprint density at radius 2 is 2.15 bits per heavy atom. The molecule has 1 aliphatic rings. The van der Waals surface area contributed by atoms with E-state index in [0.29, 0.717) is 5.69 Å². The maximum Gasteiger partial charge on any atom is 0.269 e. The summed E-state index contributed by atoms with van der Waals surface area (Å²) < 4.78 is 6.02. The lowest BCUT2D eigenvalue weighted by molar-refractivity contribution is -0.132. The van der Waals surface area contributed by atoms with Gasteiger partial charge < -0.3 is 19.2 Å². The van der Waals surface area contributed by atoms with Crippen molar-refractivity contribution < 1.29 is 9.32 Å². The van der Waals surface area contributed by atoms with Crippen LogP contribution in [0.25, 0.3) is 0 Å². The first kappa shape index (κ1) is 19.1. The van der Waals surface area contributed by atoms with Gasteiger partial charge in [0.15, 0.2) is 0 Å². The van der Waals surface area contributed by atoms with Crippen molar-refractivity contribution in [2.75, 3.05) is 45.2 Å². The number of carbonyl (C=O) groups excluding carboxylic acids is 1. The Kier molecular flexibility index (Phi) is 5.90. The Hall–Kier alpha value is -2.68. The lowest BCUT2D eigenvalue weighted by Gasteiger charge is -2.24. The van der Waals surface area contributed by atoms with E-state index in [2.05, 4.69) is 27.1 Å². The Balaban J connectivity index is 1.67. The van der Waals surface area contributed by atoms with Crippen LogP contribution < -0.4 is 10.5 Å². The summed E-state index contributed by atoms with van der Waals surface area (Å²) in [5, 5.41) is 8.07. The maximum absolute atomic E-state index is 12.5. The van der Waals surface area contributed by atoms with E-state index in [1.807, 2.05) is 6.92 Å². The highest BCUT2D eigenvalue weighted by Gasteiger charge is 2.21. The molecule has 1 fully saturated rings. The Labute approximate surface area is 158 Å². The minimum Gasteiger partial charge on any atom is -0.369 e. The summed E-state index contributed by atoms with van der Waals surface area (Å²) in [6, 6.07) is 3.03. The van der Waals surface area contributed by atoms with Gasteiger partial charge in [-0.25, -0.2) is 4.68 Å². The minimum absolute atomic E-state index is 0.111. The van der Waals surface area contributed by atoms with Crippen LogP contribution in [0.5, 0.6) is 0 Å². The monoisotopic (exact) mass is 374 g/mol. The van der Waals surface area contributed by atoms with Crippen molar-refractivity contribution in [3.8, 4) is 0 Å². The Bertz CT molecular complexity index is 819. The topological polar surface area (TPSA) is 87.7 Å². The van der Waals surface area contributed by atoms with Crippen molar-refractivity contribution in [3.05, 3.63) is 40.6 Å². The first-order chi connectivity index (χ1) is 13.0. The van der Waals surface area contributed by atoms with Crippen LogP contribution in [-0.2, 0) is 11.3 Å². The van der Waals surface area contributed by atoms with Gasteiger partial charge in [-0.3, -0.25) is 9.59 Å². The molecule has 1 aliphatic heterocycles. The molecule has 1 amide bonds. The lowest BCUT2D eigenvalue weighted by Crippen LogP contribution is -2.37. The molecule has 0 radical (unpaired) electrons. The van der Waals surface area contributed by atoms with Crippen LogP contribution >= 0.6 is 0 Å². The predicted octanol–water partition coefficient (Wildman–Crippen LogP) is 0.593. The summed E-state index contributed by atoms with van der Waals surface area (Å²) in [5.41, 5.74) is 1.19. The number of carbonyl (C=O) groups is 1. The third-order valence-electron chi connectivity index (χ3n) is 5.08. The van der Waals surface area contributed by atoms with Crippen LogP contribution in [0, 0.1) is 0 Å². The minimum atomic E-state index is -0.277. The fourth-order valence-electron chi connectivity index (χ4n) is 3.11. The molecule has 3 heterocycles. The zero-order valence-electron chi connectivity index (χ0n) is 16.0. The highest BCUT2D eigenvalue weighted by Crippen LogP contribution is 2.17. The second-order valence-corrected chi connectivity index (χ2v) is 6.96. The first-order valence-electron chi connectivity index (χ1n) is 9.12. The molecule has 2 aromatic rings. The van der Waals surface area contributed by atoms with E-state index < -0.39 is 0 Å². The lowest BCUT2D eigenvalue weighted by atomic mass is 10.2. The van der Waals surface area contributed by atoms with Gasteiger partial charge in [-0.05, 0) is 26.9 Å². The van der Waals surface area contributed by atoms with Crippen molar-refractivity contribution in [2.45, 2.75) is 25.9 Å². The van der Waals surface area contributed by atoms with Crippen LogP contribution in [-0.4, -0.2) is 70.9 Å². The number of nitrogens with zero attached hydrogens (tertiary/aromatic N) is 6. The Morgan fingerprint density at radius 3 is 2.85 bits per heavy atom. The number of hydrogen-bond acceptors (Lipinski definition) is 7. The fraction of sp³-hybridized carbons (Fsp3) is 0.556. The van der Waals surface area contributed by atoms with Crippen LogP contribution in [0.2, 0.25) is 0 Å². The number of amides is 1. The Morgan fingerprint density at radius 1 is 1.33 bits per heavy atom. The summed E-state index contributed by atoms with van der Waals surface area (Å²) in [4.78, 5) is 31.0. The van der Waals surface area contributed by atoms with Gasteiger partial charge in [-0.2, -0.15) is 5.10 Å². The van der Waals surface area contributed by atoms with Gasteiger partial charge in [-0.1, -0.05) is 5.16 Å².